The van der Waals surface area contributed by atoms with E-state index >= 15 is 0 Å². The number of rotatable bonds is 4. The van der Waals surface area contributed by atoms with Gasteiger partial charge in [-0.3, -0.25) is 9.59 Å². The quantitative estimate of drug-likeness (QED) is 0.675. The molecule has 6 heteroatoms. The van der Waals surface area contributed by atoms with Crippen molar-refractivity contribution in [3.63, 3.8) is 0 Å². The summed E-state index contributed by atoms with van der Waals surface area (Å²) >= 11 is 1.30. The van der Waals surface area contributed by atoms with E-state index in [1.54, 1.807) is 6.92 Å². The van der Waals surface area contributed by atoms with Gasteiger partial charge in [0.2, 0.25) is 5.91 Å². The number of thioether (sulfide) groups is 1. The van der Waals surface area contributed by atoms with Crippen molar-refractivity contribution in [1.82, 2.24) is 14.9 Å². The van der Waals surface area contributed by atoms with Crippen molar-refractivity contribution in [3.8, 4) is 0 Å². The lowest BCUT2D eigenvalue weighted by atomic mass is 9.92. The molecule has 132 valence electrons. The summed E-state index contributed by atoms with van der Waals surface area (Å²) in [6.07, 6.45) is 3.14. The first-order valence-electron chi connectivity index (χ1n) is 8.65. The molecule has 0 bridgehead atoms. The average molecular weight is 357 g/mol. The smallest absolute Gasteiger partial charge is 0.251 e. The summed E-state index contributed by atoms with van der Waals surface area (Å²) in [6, 6.07) is 12.0. The Kier molecular flexibility index (Phi) is 5.91. The fourth-order valence-electron chi connectivity index (χ4n) is 3.25. The number of nitrogens with one attached hydrogen (secondary N) is 1. The second kappa shape index (κ2) is 8.34. The molecule has 0 aliphatic carbocycles. The number of aryl methyl sites for hydroxylation is 1. The van der Waals surface area contributed by atoms with Crippen molar-refractivity contribution >= 4 is 17.7 Å². The molecule has 1 aromatic heterocycles. The van der Waals surface area contributed by atoms with Gasteiger partial charge in [-0.1, -0.05) is 42.1 Å². The SMILES string of the molecule is Cc1cc(=O)[nH]c(SCC(=O)N2CCC[C@H](c3ccccc3)CC2)n1. The Hall–Kier alpha value is -2.08. The van der Waals surface area contributed by atoms with Gasteiger partial charge in [-0.25, -0.2) is 4.98 Å². The first-order valence-corrected chi connectivity index (χ1v) is 9.64. The highest BCUT2D eigenvalue weighted by Crippen LogP contribution is 2.28. The third kappa shape index (κ3) is 4.95. The van der Waals surface area contributed by atoms with E-state index in [1.807, 2.05) is 11.0 Å². The highest BCUT2D eigenvalue weighted by Gasteiger charge is 2.21. The first kappa shape index (κ1) is 17.7. The van der Waals surface area contributed by atoms with Gasteiger partial charge in [-0.05, 0) is 37.7 Å². The highest BCUT2D eigenvalue weighted by atomic mass is 32.2. The summed E-state index contributed by atoms with van der Waals surface area (Å²) in [7, 11) is 0. The number of H-pyrrole nitrogens is 1. The second-order valence-electron chi connectivity index (χ2n) is 6.40. The van der Waals surface area contributed by atoms with Crippen molar-refractivity contribution < 1.29 is 4.79 Å². The second-order valence-corrected chi connectivity index (χ2v) is 7.36. The van der Waals surface area contributed by atoms with E-state index in [1.165, 1.54) is 23.4 Å². The van der Waals surface area contributed by atoms with Gasteiger partial charge in [0.05, 0.1) is 5.75 Å². The standard InChI is InChI=1S/C19H23N3O2S/c1-14-12-17(23)21-19(20-14)25-13-18(24)22-10-5-8-16(9-11-22)15-6-3-2-4-7-15/h2-4,6-7,12,16H,5,8-11,13H2,1H3,(H,20,21,23)/t16-/m0/s1. The zero-order valence-electron chi connectivity index (χ0n) is 14.4. The Morgan fingerprint density at radius 1 is 1.28 bits per heavy atom. The predicted molar refractivity (Wildman–Crippen MR) is 99.9 cm³/mol. The van der Waals surface area contributed by atoms with Crippen LogP contribution < -0.4 is 5.56 Å². The Morgan fingerprint density at radius 2 is 2.08 bits per heavy atom. The summed E-state index contributed by atoms with van der Waals surface area (Å²) in [5, 5.41) is 0.510. The lowest BCUT2D eigenvalue weighted by Crippen LogP contribution is -2.33. The average Bonchev–Trinajstić information content (AvgIpc) is 2.86. The van der Waals surface area contributed by atoms with Gasteiger partial charge in [-0.15, -0.1) is 0 Å². The fourth-order valence-corrected chi connectivity index (χ4v) is 4.07. The van der Waals surface area contributed by atoms with E-state index in [0.717, 1.165) is 32.4 Å². The van der Waals surface area contributed by atoms with Crippen LogP contribution in [0.3, 0.4) is 0 Å². The fraction of sp³-hybridized carbons (Fsp3) is 0.421. The van der Waals surface area contributed by atoms with Crippen molar-refractivity contribution in [3.05, 3.63) is 58.0 Å². The summed E-state index contributed by atoms with van der Waals surface area (Å²) < 4.78 is 0. The van der Waals surface area contributed by atoms with E-state index in [9.17, 15) is 9.59 Å². The van der Waals surface area contributed by atoms with Crippen LogP contribution in [0.4, 0.5) is 0 Å². The number of carbonyl (C=O) groups excluding carboxylic acids is 1. The third-order valence-electron chi connectivity index (χ3n) is 4.53. The molecule has 25 heavy (non-hydrogen) atoms. The third-order valence-corrected chi connectivity index (χ3v) is 5.39. The van der Waals surface area contributed by atoms with Crippen LogP contribution in [0.5, 0.6) is 0 Å². The van der Waals surface area contributed by atoms with Crippen LogP contribution in [0.25, 0.3) is 0 Å². The largest absolute Gasteiger partial charge is 0.342 e. The van der Waals surface area contributed by atoms with Crippen molar-refractivity contribution in [2.75, 3.05) is 18.8 Å². The lowest BCUT2D eigenvalue weighted by Gasteiger charge is -2.20. The molecule has 1 atom stereocenters. The van der Waals surface area contributed by atoms with Crippen LogP contribution in [-0.2, 0) is 4.79 Å². The van der Waals surface area contributed by atoms with Gasteiger partial charge in [0, 0.05) is 24.8 Å². The van der Waals surface area contributed by atoms with Gasteiger partial charge in [0.1, 0.15) is 0 Å². The molecule has 0 spiro atoms. The van der Waals surface area contributed by atoms with Gasteiger partial charge in [0.15, 0.2) is 5.16 Å². The van der Waals surface area contributed by atoms with E-state index in [2.05, 4.69) is 34.2 Å². The molecule has 2 heterocycles. The Labute approximate surface area is 151 Å². The minimum absolute atomic E-state index is 0.114. The predicted octanol–water partition coefficient (Wildman–Crippen LogP) is 2.97. The molecule has 3 rings (SSSR count). The Bertz CT molecular complexity index is 776. The van der Waals surface area contributed by atoms with Crippen LogP contribution in [-0.4, -0.2) is 39.6 Å². The molecular weight excluding hydrogens is 334 g/mol. The molecular formula is C19H23N3O2S. The number of aromatic amines is 1. The number of hydrogen-bond donors (Lipinski definition) is 1. The summed E-state index contributed by atoms with van der Waals surface area (Å²) in [5.41, 5.74) is 1.86. The lowest BCUT2D eigenvalue weighted by molar-refractivity contribution is -0.128. The molecule has 1 amide bonds. The van der Waals surface area contributed by atoms with Gasteiger partial charge >= 0.3 is 0 Å². The molecule has 1 aliphatic heterocycles. The molecule has 5 nitrogen and oxygen atoms in total. The van der Waals surface area contributed by atoms with Gasteiger partial charge in [-0.2, -0.15) is 0 Å². The topological polar surface area (TPSA) is 66.1 Å². The molecule has 1 aromatic carbocycles. The maximum Gasteiger partial charge on any atom is 0.251 e. The number of aromatic nitrogens is 2. The number of likely N-dealkylation sites (tertiary alicyclic amines) is 1. The molecule has 0 unspecified atom stereocenters. The highest BCUT2D eigenvalue weighted by molar-refractivity contribution is 7.99. The number of carbonyl (C=O) groups is 1. The molecule has 1 saturated heterocycles. The first-order chi connectivity index (χ1) is 12.1. The minimum Gasteiger partial charge on any atom is -0.342 e. The molecule has 2 aromatic rings. The summed E-state index contributed by atoms with van der Waals surface area (Å²) in [4.78, 5) is 32.9. The van der Waals surface area contributed by atoms with E-state index in [0.29, 0.717) is 22.5 Å². The van der Waals surface area contributed by atoms with Crippen LogP contribution in [0.1, 0.15) is 36.4 Å². The molecule has 1 aliphatic rings. The van der Waals surface area contributed by atoms with Gasteiger partial charge in [0.25, 0.3) is 5.56 Å². The maximum atomic E-state index is 12.5. The van der Waals surface area contributed by atoms with Crippen LogP contribution in [0.2, 0.25) is 0 Å². The zero-order valence-corrected chi connectivity index (χ0v) is 15.2. The van der Waals surface area contributed by atoms with Crippen molar-refractivity contribution in [2.24, 2.45) is 0 Å². The normalized spacial score (nSPS) is 18.0. The number of hydrogen-bond acceptors (Lipinski definition) is 4. The van der Waals surface area contributed by atoms with E-state index < -0.39 is 0 Å². The van der Waals surface area contributed by atoms with Gasteiger partial charge < -0.3 is 9.88 Å². The molecule has 1 fully saturated rings. The van der Waals surface area contributed by atoms with E-state index in [4.69, 9.17) is 0 Å². The van der Waals surface area contributed by atoms with Crippen LogP contribution in [0, 0.1) is 6.92 Å². The van der Waals surface area contributed by atoms with Crippen LogP contribution in [0.15, 0.2) is 46.3 Å². The maximum absolute atomic E-state index is 12.5. The Balaban J connectivity index is 1.55. The molecule has 0 saturated carbocycles. The number of benzene rings is 1. The van der Waals surface area contributed by atoms with Crippen molar-refractivity contribution in [1.29, 1.82) is 0 Å². The Morgan fingerprint density at radius 3 is 2.84 bits per heavy atom. The number of amides is 1. The zero-order chi connectivity index (χ0) is 17.6. The minimum atomic E-state index is -0.178. The monoisotopic (exact) mass is 357 g/mol. The summed E-state index contributed by atoms with van der Waals surface area (Å²) in [6.45, 7) is 3.37. The van der Waals surface area contributed by atoms with Crippen molar-refractivity contribution in [2.45, 2.75) is 37.3 Å². The number of nitrogens with zero attached hydrogens (tertiary/aromatic N) is 2. The molecule has 0 radical (unpaired) electrons. The molecule has 1 N–H and O–H groups in total. The summed E-state index contributed by atoms with van der Waals surface area (Å²) in [5.74, 6) is 0.951. The van der Waals surface area contributed by atoms with E-state index in [-0.39, 0.29) is 11.5 Å². The van der Waals surface area contributed by atoms with Crippen LogP contribution >= 0.6 is 11.8 Å².